The number of methoxy groups -OCH3 is 4. The summed E-state index contributed by atoms with van der Waals surface area (Å²) >= 11 is 0. The topological polar surface area (TPSA) is 71.1 Å². The second kappa shape index (κ2) is 8.33. The van der Waals surface area contributed by atoms with Crippen LogP contribution in [0.4, 0.5) is 4.39 Å². The molecule has 0 aliphatic heterocycles. The predicted molar refractivity (Wildman–Crippen MR) is 92.1 cm³/mol. The van der Waals surface area contributed by atoms with Gasteiger partial charge >= 0.3 is 0 Å². The van der Waals surface area contributed by atoms with E-state index in [0.29, 0.717) is 22.8 Å². The number of benzene rings is 2. The highest BCUT2D eigenvalue weighted by Crippen LogP contribution is 2.38. The van der Waals surface area contributed by atoms with E-state index in [1.807, 2.05) is 0 Å². The highest BCUT2D eigenvalue weighted by Gasteiger charge is 2.21. The Hall–Kier alpha value is -3.09. The van der Waals surface area contributed by atoms with Crippen LogP contribution in [0.25, 0.3) is 0 Å². The Labute approximate surface area is 150 Å². The number of carbonyl (C=O) groups excluding carboxylic acids is 2. The molecule has 2 aromatic carbocycles. The summed E-state index contributed by atoms with van der Waals surface area (Å²) in [6.07, 6.45) is -0.191. The summed E-state index contributed by atoms with van der Waals surface area (Å²) in [5.74, 6) is -1.06. The lowest BCUT2D eigenvalue weighted by atomic mass is 10.0. The molecule has 0 bridgehead atoms. The van der Waals surface area contributed by atoms with Crippen LogP contribution in [0.15, 0.2) is 30.3 Å². The maximum Gasteiger partial charge on any atom is 0.229 e. The van der Waals surface area contributed by atoms with Crippen molar-refractivity contribution in [1.29, 1.82) is 0 Å². The summed E-state index contributed by atoms with van der Waals surface area (Å²) in [5.41, 5.74) is 0.465. The van der Waals surface area contributed by atoms with Crippen LogP contribution in [0, 0.1) is 5.82 Å². The lowest BCUT2D eigenvalue weighted by Gasteiger charge is -2.13. The molecule has 0 atom stereocenters. The van der Waals surface area contributed by atoms with E-state index < -0.39 is 17.4 Å². The standard InChI is InChI=1S/C19H19FO6/c1-23-15-6-5-12(10-13(15)20)18(22)14(21)7-11-8-16(24-2)19(26-4)17(9-11)25-3/h5-6,8-10H,7H2,1-4H3. The quantitative estimate of drug-likeness (QED) is 0.531. The molecule has 0 spiro atoms. The molecule has 7 heteroatoms. The third kappa shape index (κ3) is 3.93. The zero-order valence-corrected chi connectivity index (χ0v) is 14.9. The van der Waals surface area contributed by atoms with E-state index in [2.05, 4.69) is 0 Å². The molecule has 2 aromatic rings. The van der Waals surface area contributed by atoms with E-state index in [0.717, 1.165) is 6.07 Å². The second-order valence-electron chi connectivity index (χ2n) is 5.31. The highest BCUT2D eigenvalue weighted by atomic mass is 19.1. The molecule has 6 nitrogen and oxygen atoms in total. The van der Waals surface area contributed by atoms with Gasteiger partial charge in [-0.15, -0.1) is 0 Å². The molecule has 0 aliphatic rings. The molecule has 0 aromatic heterocycles. The fourth-order valence-corrected chi connectivity index (χ4v) is 2.47. The minimum absolute atomic E-state index is 0.00127. The molecule has 0 radical (unpaired) electrons. The maximum atomic E-state index is 13.7. The highest BCUT2D eigenvalue weighted by molar-refractivity contribution is 6.44. The number of halogens is 1. The van der Waals surface area contributed by atoms with Crippen molar-refractivity contribution in [3.8, 4) is 23.0 Å². The average molecular weight is 362 g/mol. The minimum atomic E-state index is -0.791. The molecule has 0 saturated carbocycles. The molecule has 26 heavy (non-hydrogen) atoms. The van der Waals surface area contributed by atoms with E-state index >= 15 is 0 Å². The molecular weight excluding hydrogens is 343 g/mol. The Kier molecular flexibility index (Phi) is 6.16. The monoisotopic (exact) mass is 362 g/mol. The average Bonchev–Trinajstić information content (AvgIpc) is 2.66. The fraction of sp³-hybridized carbons (Fsp3) is 0.263. The van der Waals surface area contributed by atoms with Crippen molar-refractivity contribution in [3.05, 3.63) is 47.3 Å². The van der Waals surface area contributed by atoms with Gasteiger partial charge in [0, 0.05) is 12.0 Å². The van der Waals surface area contributed by atoms with Crippen LogP contribution < -0.4 is 18.9 Å². The van der Waals surface area contributed by atoms with Crippen LogP contribution in [0.5, 0.6) is 23.0 Å². The van der Waals surface area contributed by atoms with Crippen molar-refractivity contribution < 1.29 is 32.9 Å². The smallest absolute Gasteiger partial charge is 0.229 e. The summed E-state index contributed by atoms with van der Waals surface area (Å²) in [7, 11) is 5.69. The van der Waals surface area contributed by atoms with Gasteiger partial charge in [-0.1, -0.05) is 0 Å². The molecule has 0 heterocycles. The van der Waals surface area contributed by atoms with Crippen LogP contribution in [-0.4, -0.2) is 40.0 Å². The molecule has 0 aliphatic carbocycles. The van der Waals surface area contributed by atoms with Crippen molar-refractivity contribution in [3.63, 3.8) is 0 Å². The summed E-state index contributed by atoms with van der Waals surface area (Å²) in [5, 5.41) is 0. The van der Waals surface area contributed by atoms with Gasteiger partial charge in [0.1, 0.15) is 0 Å². The SMILES string of the molecule is COc1ccc(C(=O)C(=O)Cc2cc(OC)c(OC)c(OC)c2)cc1F. The summed E-state index contributed by atoms with van der Waals surface area (Å²) in [6, 6.07) is 6.79. The van der Waals surface area contributed by atoms with E-state index in [4.69, 9.17) is 18.9 Å². The van der Waals surface area contributed by atoms with Gasteiger partial charge < -0.3 is 18.9 Å². The first kappa shape index (κ1) is 19.2. The molecule has 0 N–H and O–H groups in total. The molecule has 0 amide bonds. The Morgan fingerprint density at radius 3 is 1.88 bits per heavy atom. The van der Waals surface area contributed by atoms with E-state index in [9.17, 15) is 14.0 Å². The Balaban J connectivity index is 2.26. The Bertz CT molecular complexity index is 806. The fourth-order valence-electron chi connectivity index (χ4n) is 2.47. The number of rotatable bonds is 8. The van der Waals surface area contributed by atoms with Crippen molar-refractivity contribution >= 4 is 11.6 Å². The maximum absolute atomic E-state index is 13.7. The van der Waals surface area contributed by atoms with Crippen molar-refractivity contribution in [1.82, 2.24) is 0 Å². The third-order valence-corrected chi connectivity index (χ3v) is 3.76. The Morgan fingerprint density at radius 2 is 1.42 bits per heavy atom. The van der Waals surface area contributed by atoms with E-state index in [1.165, 1.54) is 40.6 Å². The van der Waals surface area contributed by atoms with Crippen molar-refractivity contribution in [2.45, 2.75) is 6.42 Å². The summed E-state index contributed by atoms with van der Waals surface area (Å²) in [4.78, 5) is 24.6. The van der Waals surface area contributed by atoms with Gasteiger partial charge in [0.05, 0.1) is 28.4 Å². The van der Waals surface area contributed by atoms with Gasteiger partial charge in [0.15, 0.2) is 23.1 Å². The van der Waals surface area contributed by atoms with E-state index in [1.54, 1.807) is 12.1 Å². The molecule has 138 valence electrons. The zero-order chi connectivity index (χ0) is 19.3. The van der Waals surface area contributed by atoms with Gasteiger partial charge in [0.2, 0.25) is 17.3 Å². The van der Waals surface area contributed by atoms with Gasteiger partial charge in [0.25, 0.3) is 0 Å². The van der Waals surface area contributed by atoms with Crippen LogP contribution in [-0.2, 0) is 11.2 Å². The first-order valence-electron chi connectivity index (χ1n) is 7.65. The van der Waals surface area contributed by atoms with Crippen LogP contribution >= 0.6 is 0 Å². The van der Waals surface area contributed by atoms with Gasteiger partial charge in [-0.3, -0.25) is 9.59 Å². The number of carbonyl (C=O) groups is 2. The minimum Gasteiger partial charge on any atom is -0.494 e. The number of hydrogen-bond acceptors (Lipinski definition) is 6. The van der Waals surface area contributed by atoms with Crippen LogP contribution in [0.1, 0.15) is 15.9 Å². The summed E-state index contributed by atoms with van der Waals surface area (Å²) < 4.78 is 34.2. The molecular formula is C19H19FO6. The van der Waals surface area contributed by atoms with Gasteiger partial charge in [-0.2, -0.15) is 0 Å². The largest absolute Gasteiger partial charge is 0.494 e. The molecule has 0 fully saturated rings. The number of ether oxygens (including phenoxy) is 4. The first-order valence-corrected chi connectivity index (χ1v) is 7.65. The predicted octanol–water partition coefficient (Wildman–Crippen LogP) is 2.85. The van der Waals surface area contributed by atoms with Crippen molar-refractivity contribution in [2.75, 3.05) is 28.4 Å². The number of Topliss-reactive ketones (excluding diaryl/α,β-unsaturated/α-hetero) is 2. The van der Waals surface area contributed by atoms with Crippen molar-refractivity contribution in [2.24, 2.45) is 0 Å². The zero-order valence-electron chi connectivity index (χ0n) is 14.9. The van der Waals surface area contributed by atoms with Gasteiger partial charge in [-0.25, -0.2) is 4.39 Å². The molecule has 0 saturated heterocycles. The Morgan fingerprint density at radius 1 is 0.846 bits per heavy atom. The lowest BCUT2D eigenvalue weighted by molar-refractivity contribution is -0.114. The number of hydrogen-bond donors (Lipinski definition) is 0. The normalized spacial score (nSPS) is 10.2. The lowest BCUT2D eigenvalue weighted by Crippen LogP contribution is -2.17. The summed E-state index contributed by atoms with van der Waals surface area (Å²) in [6.45, 7) is 0. The molecule has 2 rings (SSSR count). The van der Waals surface area contributed by atoms with E-state index in [-0.39, 0.29) is 17.7 Å². The third-order valence-electron chi connectivity index (χ3n) is 3.76. The first-order chi connectivity index (χ1) is 12.4. The van der Waals surface area contributed by atoms with Crippen LogP contribution in [0.2, 0.25) is 0 Å². The molecule has 0 unspecified atom stereocenters. The van der Waals surface area contributed by atoms with Gasteiger partial charge in [-0.05, 0) is 35.9 Å². The number of ketones is 2. The van der Waals surface area contributed by atoms with Crippen LogP contribution in [0.3, 0.4) is 0 Å². The second-order valence-corrected chi connectivity index (χ2v) is 5.31.